The Balaban J connectivity index is 2.19. The Kier molecular flexibility index (Phi) is 5.38. The molecule has 112 valence electrons. The molecule has 1 aromatic carbocycles. The van der Waals surface area contributed by atoms with E-state index in [1.54, 1.807) is 0 Å². The second-order valence-electron chi connectivity index (χ2n) is 5.47. The fourth-order valence-electron chi connectivity index (χ4n) is 2.70. The lowest BCUT2D eigenvalue weighted by atomic mass is 10.0. The van der Waals surface area contributed by atoms with Gasteiger partial charge in [-0.3, -0.25) is 4.79 Å². The molecular formula is C17H22N2O2. The van der Waals surface area contributed by atoms with Crippen LogP contribution in [0.25, 0.3) is 0 Å². The van der Waals surface area contributed by atoms with Gasteiger partial charge in [0.15, 0.2) is 0 Å². The molecule has 1 fully saturated rings. The molecule has 1 amide bonds. The van der Waals surface area contributed by atoms with Crippen LogP contribution in [0.15, 0.2) is 18.2 Å². The molecule has 0 spiro atoms. The third-order valence-electron chi connectivity index (χ3n) is 3.84. The van der Waals surface area contributed by atoms with Gasteiger partial charge in [0.1, 0.15) is 0 Å². The summed E-state index contributed by atoms with van der Waals surface area (Å²) in [6.07, 6.45) is 1.72. The van der Waals surface area contributed by atoms with Crippen molar-refractivity contribution in [3.05, 3.63) is 34.9 Å². The van der Waals surface area contributed by atoms with Gasteiger partial charge in [-0.2, -0.15) is 0 Å². The summed E-state index contributed by atoms with van der Waals surface area (Å²) >= 11 is 0. The largest absolute Gasteiger partial charge is 0.396 e. The fraction of sp³-hybridized carbons (Fsp3) is 0.471. The van der Waals surface area contributed by atoms with Gasteiger partial charge in [-0.1, -0.05) is 17.9 Å². The Bertz CT molecular complexity index is 572. The zero-order valence-electron chi connectivity index (χ0n) is 12.4. The average molecular weight is 286 g/mol. The topological polar surface area (TPSA) is 66.6 Å². The lowest BCUT2D eigenvalue weighted by molar-refractivity contribution is 0.0784. The van der Waals surface area contributed by atoms with Gasteiger partial charge in [0.05, 0.1) is 12.1 Å². The van der Waals surface area contributed by atoms with Gasteiger partial charge in [0.25, 0.3) is 5.91 Å². The number of amides is 1. The highest BCUT2D eigenvalue weighted by Crippen LogP contribution is 2.22. The molecule has 0 radical (unpaired) electrons. The molecule has 1 aromatic rings. The minimum atomic E-state index is 0.0248. The van der Waals surface area contributed by atoms with Crippen LogP contribution in [0.4, 0.5) is 0 Å². The number of aliphatic hydroxyl groups is 1. The molecule has 0 aliphatic carbocycles. The number of rotatable bonds is 3. The molecule has 4 heteroatoms. The minimum absolute atomic E-state index is 0.0248. The summed E-state index contributed by atoms with van der Waals surface area (Å²) in [5.41, 5.74) is 7.89. The van der Waals surface area contributed by atoms with Crippen LogP contribution < -0.4 is 5.73 Å². The number of hydrogen-bond acceptors (Lipinski definition) is 3. The summed E-state index contributed by atoms with van der Waals surface area (Å²) in [6, 6.07) is 5.71. The van der Waals surface area contributed by atoms with Gasteiger partial charge in [-0.15, -0.1) is 0 Å². The van der Waals surface area contributed by atoms with E-state index in [2.05, 4.69) is 11.8 Å². The quantitative estimate of drug-likeness (QED) is 0.819. The van der Waals surface area contributed by atoms with Crippen molar-refractivity contribution in [2.75, 3.05) is 26.2 Å². The molecule has 2 rings (SSSR count). The number of nitrogens with two attached hydrogens (primary N) is 1. The molecule has 0 saturated carbocycles. The number of carbonyl (C=O) groups is 1. The first kappa shape index (κ1) is 15.6. The Morgan fingerprint density at radius 2 is 2.33 bits per heavy atom. The Morgan fingerprint density at radius 3 is 3.05 bits per heavy atom. The van der Waals surface area contributed by atoms with Crippen LogP contribution in [0, 0.1) is 24.7 Å². The number of benzene rings is 1. The van der Waals surface area contributed by atoms with Crippen molar-refractivity contribution in [1.82, 2.24) is 4.90 Å². The molecule has 1 aliphatic rings. The normalized spacial score (nSPS) is 17.5. The number of aryl methyl sites for hydroxylation is 1. The van der Waals surface area contributed by atoms with Gasteiger partial charge < -0.3 is 15.7 Å². The van der Waals surface area contributed by atoms with Gasteiger partial charge in [0.2, 0.25) is 0 Å². The van der Waals surface area contributed by atoms with Crippen LogP contribution in [0.1, 0.15) is 34.3 Å². The van der Waals surface area contributed by atoms with Crippen LogP contribution in [0.5, 0.6) is 0 Å². The summed E-state index contributed by atoms with van der Waals surface area (Å²) in [4.78, 5) is 14.5. The van der Waals surface area contributed by atoms with Crippen molar-refractivity contribution in [3.8, 4) is 11.8 Å². The van der Waals surface area contributed by atoms with E-state index in [-0.39, 0.29) is 19.1 Å². The van der Waals surface area contributed by atoms with Crippen LogP contribution in [-0.4, -0.2) is 42.2 Å². The Morgan fingerprint density at radius 1 is 1.52 bits per heavy atom. The first-order valence-corrected chi connectivity index (χ1v) is 7.35. The summed E-state index contributed by atoms with van der Waals surface area (Å²) in [5, 5.41) is 9.01. The third-order valence-corrected chi connectivity index (χ3v) is 3.84. The SMILES string of the molecule is Cc1ccc(C(=O)N2CCC(CCO)C2)c(C#CCN)c1. The van der Waals surface area contributed by atoms with E-state index in [4.69, 9.17) is 10.8 Å². The Labute approximate surface area is 125 Å². The molecule has 4 nitrogen and oxygen atoms in total. The zero-order chi connectivity index (χ0) is 15.2. The molecule has 21 heavy (non-hydrogen) atoms. The predicted molar refractivity (Wildman–Crippen MR) is 82.8 cm³/mol. The van der Waals surface area contributed by atoms with Crippen molar-refractivity contribution in [3.63, 3.8) is 0 Å². The summed E-state index contributed by atoms with van der Waals surface area (Å²) in [7, 11) is 0. The number of likely N-dealkylation sites (tertiary alicyclic amines) is 1. The molecule has 0 bridgehead atoms. The highest BCUT2D eigenvalue weighted by molar-refractivity contribution is 5.97. The van der Waals surface area contributed by atoms with Crippen molar-refractivity contribution in [2.24, 2.45) is 11.7 Å². The van der Waals surface area contributed by atoms with Crippen molar-refractivity contribution in [1.29, 1.82) is 0 Å². The molecule has 1 atom stereocenters. The third kappa shape index (κ3) is 3.84. The molecule has 1 unspecified atom stereocenters. The van der Waals surface area contributed by atoms with E-state index in [9.17, 15) is 4.79 Å². The lowest BCUT2D eigenvalue weighted by Crippen LogP contribution is -2.29. The zero-order valence-corrected chi connectivity index (χ0v) is 12.4. The highest BCUT2D eigenvalue weighted by Gasteiger charge is 2.27. The highest BCUT2D eigenvalue weighted by atomic mass is 16.3. The lowest BCUT2D eigenvalue weighted by Gasteiger charge is -2.17. The molecular weight excluding hydrogens is 264 g/mol. The van der Waals surface area contributed by atoms with Crippen molar-refractivity contribution in [2.45, 2.75) is 19.8 Å². The van der Waals surface area contributed by atoms with E-state index in [0.29, 0.717) is 11.5 Å². The van der Waals surface area contributed by atoms with Crippen LogP contribution in [-0.2, 0) is 0 Å². The van der Waals surface area contributed by atoms with E-state index in [1.165, 1.54) is 0 Å². The second kappa shape index (κ2) is 7.26. The first-order valence-electron chi connectivity index (χ1n) is 7.35. The molecule has 1 heterocycles. The summed E-state index contributed by atoms with van der Waals surface area (Å²) in [6.45, 7) is 3.92. The van der Waals surface area contributed by atoms with Crippen LogP contribution in [0.2, 0.25) is 0 Å². The van der Waals surface area contributed by atoms with Crippen molar-refractivity contribution >= 4 is 5.91 Å². The monoisotopic (exact) mass is 286 g/mol. The van der Waals surface area contributed by atoms with Crippen LogP contribution >= 0.6 is 0 Å². The first-order chi connectivity index (χ1) is 10.2. The predicted octanol–water partition coefficient (Wildman–Crippen LogP) is 1.15. The number of aliphatic hydroxyl groups excluding tert-OH is 1. The van der Waals surface area contributed by atoms with Gasteiger partial charge in [-0.25, -0.2) is 0 Å². The molecule has 1 saturated heterocycles. The standard InChI is InChI=1S/C17H22N2O2/c1-13-4-5-16(15(11-13)3-2-8-18)17(21)19-9-6-14(12-19)7-10-20/h4-5,11,14,20H,6-10,12,18H2,1H3. The maximum absolute atomic E-state index is 12.7. The van der Waals surface area contributed by atoms with Crippen LogP contribution in [0.3, 0.4) is 0 Å². The molecule has 3 N–H and O–H groups in total. The molecule has 0 aromatic heterocycles. The molecule has 1 aliphatic heterocycles. The van der Waals surface area contributed by atoms with Gasteiger partial charge in [0, 0.05) is 25.3 Å². The van der Waals surface area contributed by atoms with Gasteiger partial charge in [-0.05, 0) is 43.4 Å². The minimum Gasteiger partial charge on any atom is -0.396 e. The number of carbonyl (C=O) groups excluding carboxylic acids is 1. The van der Waals surface area contributed by atoms with E-state index < -0.39 is 0 Å². The summed E-state index contributed by atoms with van der Waals surface area (Å²) in [5.74, 6) is 6.24. The maximum atomic E-state index is 12.7. The van der Waals surface area contributed by atoms with E-state index >= 15 is 0 Å². The number of hydrogen-bond donors (Lipinski definition) is 2. The van der Waals surface area contributed by atoms with E-state index in [0.717, 1.165) is 37.1 Å². The Hall–Kier alpha value is -1.83. The maximum Gasteiger partial charge on any atom is 0.255 e. The fourth-order valence-corrected chi connectivity index (χ4v) is 2.70. The second-order valence-corrected chi connectivity index (χ2v) is 5.47. The van der Waals surface area contributed by atoms with E-state index in [1.807, 2.05) is 30.0 Å². The average Bonchev–Trinajstić information content (AvgIpc) is 2.93. The smallest absolute Gasteiger partial charge is 0.255 e. The van der Waals surface area contributed by atoms with Crippen molar-refractivity contribution < 1.29 is 9.90 Å². The van der Waals surface area contributed by atoms with Gasteiger partial charge >= 0.3 is 0 Å². The summed E-state index contributed by atoms with van der Waals surface area (Å²) < 4.78 is 0. The number of nitrogens with zero attached hydrogens (tertiary/aromatic N) is 1.